The van der Waals surface area contributed by atoms with Gasteiger partial charge in [-0.25, -0.2) is 18.4 Å². The second kappa shape index (κ2) is 14.9. The van der Waals surface area contributed by atoms with Crippen LogP contribution in [0.2, 0.25) is 0 Å². The first-order chi connectivity index (χ1) is 25.3. The van der Waals surface area contributed by atoms with Crippen molar-refractivity contribution in [1.29, 1.82) is 0 Å². The van der Waals surface area contributed by atoms with E-state index in [1.807, 2.05) is 29.5 Å². The second-order valence-corrected chi connectivity index (χ2v) is 16.8. The van der Waals surface area contributed by atoms with E-state index in [0.717, 1.165) is 27.7 Å². The van der Waals surface area contributed by atoms with Crippen molar-refractivity contribution in [1.82, 2.24) is 25.1 Å². The molecule has 0 bridgehead atoms. The van der Waals surface area contributed by atoms with Crippen LogP contribution in [0.1, 0.15) is 34.1 Å². The lowest BCUT2D eigenvalue weighted by atomic mass is 10.0. The number of pyridine rings is 1. The van der Waals surface area contributed by atoms with E-state index in [9.17, 15) is 34.2 Å². The van der Waals surface area contributed by atoms with E-state index in [-0.39, 0.29) is 51.1 Å². The van der Waals surface area contributed by atoms with E-state index in [0.29, 0.717) is 44.6 Å². The molecular weight excluding hydrogens is 773 g/mol. The number of hydrogen-bond donors (Lipinski definition) is 5. The lowest BCUT2D eigenvalue weighted by molar-refractivity contribution is -0.150. The van der Waals surface area contributed by atoms with Crippen LogP contribution >= 0.6 is 47.1 Å². The third kappa shape index (κ3) is 7.09. The van der Waals surface area contributed by atoms with E-state index >= 15 is 8.78 Å². The quantitative estimate of drug-likeness (QED) is 0.109. The largest absolute Gasteiger partial charge is 0.477 e. The van der Waals surface area contributed by atoms with E-state index < -0.39 is 63.0 Å². The molecule has 3 aromatic rings. The number of anilines is 2. The number of carboxylic acids is 2. The van der Waals surface area contributed by atoms with Crippen LogP contribution in [-0.4, -0.2) is 109 Å². The summed E-state index contributed by atoms with van der Waals surface area (Å²) in [6.07, 6.45) is 2.47. The summed E-state index contributed by atoms with van der Waals surface area (Å²) in [5.41, 5.74) is 2.71. The number of likely N-dealkylation sites (N-methyl/N-ethyl adjacent to an activating group) is 1. The topological polar surface area (TPSA) is 177 Å². The molecular formula is C33H33F2N7O7S4. The van der Waals surface area contributed by atoms with Gasteiger partial charge in [-0.15, -0.1) is 23.1 Å². The maximum atomic E-state index is 16.5. The van der Waals surface area contributed by atoms with Crippen LogP contribution in [0.25, 0.3) is 10.9 Å². The Kier molecular flexibility index (Phi) is 10.4. The number of carbonyl (C=O) groups excluding carboxylic acids is 2. The van der Waals surface area contributed by atoms with E-state index in [4.69, 9.17) is 12.2 Å². The van der Waals surface area contributed by atoms with E-state index in [1.54, 1.807) is 4.90 Å². The van der Waals surface area contributed by atoms with Crippen molar-refractivity contribution in [3.8, 4) is 0 Å². The number of halogens is 2. The number of carboxylic acid groups (broad SMARTS) is 2. The van der Waals surface area contributed by atoms with Gasteiger partial charge < -0.3 is 29.9 Å². The number of aromatic nitrogens is 1. The van der Waals surface area contributed by atoms with Crippen LogP contribution in [0.3, 0.4) is 0 Å². The van der Waals surface area contributed by atoms with Crippen molar-refractivity contribution in [3.05, 3.63) is 67.3 Å². The zero-order chi connectivity index (χ0) is 37.7. The number of aromatic carboxylic acids is 1. The minimum atomic E-state index is -1.54. The molecule has 5 heterocycles. The van der Waals surface area contributed by atoms with Crippen molar-refractivity contribution < 1.29 is 38.2 Å². The molecule has 1 aliphatic carbocycles. The van der Waals surface area contributed by atoms with Gasteiger partial charge in [-0.2, -0.15) is 0 Å². The van der Waals surface area contributed by atoms with Gasteiger partial charge in [-0.1, -0.05) is 30.0 Å². The summed E-state index contributed by atoms with van der Waals surface area (Å²) in [7, 11) is 1.89. The number of nitrogens with one attached hydrogen (secondary N) is 3. The van der Waals surface area contributed by atoms with Crippen molar-refractivity contribution >= 4 is 97.4 Å². The number of rotatable bonds is 11. The highest BCUT2D eigenvalue weighted by molar-refractivity contribution is 8.23. The first-order valence-electron chi connectivity index (χ1n) is 16.5. The number of nitrogens with zero attached hydrogens (tertiary/aromatic N) is 4. The number of carbonyl (C=O) groups is 4. The summed E-state index contributed by atoms with van der Waals surface area (Å²) in [5, 5.41) is 23.4. The first kappa shape index (κ1) is 37.1. The van der Waals surface area contributed by atoms with Gasteiger partial charge >= 0.3 is 11.9 Å². The highest BCUT2D eigenvalue weighted by Gasteiger charge is 2.54. The number of benzene rings is 1. The molecule has 2 aromatic heterocycles. The fraction of sp³-hybridized carbons (Fsp3) is 0.394. The van der Waals surface area contributed by atoms with Crippen LogP contribution in [-0.2, 0) is 20.8 Å². The summed E-state index contributed by atoms with van der Waals surface area (Å²) in [6.45, 7) is 1.68. The molecule has 14 nitrogen and oxygen atoms in total. The number of thioether (sulfide) groups is 2. The molecule has 7 rings (SSSR count). The third-order valence-electron chi connectivity index (χ3n) is 9.47. The number of amides is 2. The van der Waals surface area contributed by atoms with Gasteiger partial charge in [-0.05, 0) is 36.9 Å². The maximum Gasteiger partial charge on any atom is 0.352 e. The summed E-state index contributed by atoms with van der Waals surface area (Å²) >= 11 is 9.15. The average molecular weight is 806 g/mol. The van der Waals surface area contributed by atoms with Crippen LogP contribution in [0.15, 0.2) is 39.8 Å². The number of aliphatic carboxylic acids is 1. The van der Waals surface area contributed by atoms with E-state index in [1.165, 1.54) is 27.7 Å². The zero-order valence-corrected chi connectivity index (χ0v) is 31.3. The van der Waals surface area contributed by atoms with E-state index in [2.05, 4.69) is 16.2 Å². The van der Waals surface area contributed by atoms with Crippen molar-refractivity contribution in [2.45, 2.75) is 36.7 Å². The molecule has 1 aromatic carbocycles. The Morgan fingerprint density at radius 3 is 2.45 bits per heavy atom. The molecule has 2 atom stereocenters. The first-order valence-corrected chi connectivity index (χ1v) is 19.8. The van der Waals surface area contributed by atoms with Crippen molar-refractivity contribution in [2.75, 3.05) is 55.1 Å². The Morgan fingerprint density at radius 1 is 1.08 bits per heavy atom. The van der Waals surface area contributed by atoms with Crippen molar-refractivity contribution in [2.24, 2.45) is 0 Å². The number of thiocarbonyl (C=S) groups is 1. The fourth-order valence-electron chi connectivity index (χ4n) is 6.64. The molecule has 0 spiro atoms. The lowest BCUT2D eigenvalue weighted by Crippen LogP contribution is -2.70. The lowest BCUT2D eigenvalue weighted by Gasteiger charge is -2.49. The van der Waals surface area contributed by atoms with Crippen LogP contribution < -0.4 is 26.5 Å². The molecule has 1 saturated carbocycles. The van der Waals surface area contributed by atoms with Crippen LogP contribution in [0, 0.1) is 11.6 Å². The number of hydrazine groups is 1. The summed E-state index contributed by atoms with van der Waals surface area (Å²) < 4.78 is 34.4. The Labute approximate surface area is 318 Å². The summed E-state index contributed by atoms with van der Waals surface area (Å²) in [6, 6.07) is 2.49. The summed E-state index contributed by atoms with van der Waals surface area (Å²) in [4.78, 5) is 69.2. The SMILES string of the molecule is CN1CCN(c2c(F)c(NNC(=S)SCC3=C(C(=O)O)N4C(=O)[C@@H](NC(=O)Cc5cccs5)[C@@H]4SC3)c3c(=O)c(C(=O)O)cn(C4CC4)c3c2F)CC1. The zero-order valence-electron chi connectivity index (χ0n) is 28.0. The van der Waals surface area contributed by atoms with Gasteiger partial charge in [0.25, 0.3) is 5.91 Å². The molecule has 5 N–H and O–H groups in total. The fourth-order valence-corrected chi connectivity index (χ4v) is 9.71. The molecule has 2 amide bonds. The molecule has 280 valence electrons. The Morgan fingerprint density at radius 2 is 1.81 bits per heavy atom. The van der Waals surface area contributed by atoms with Gasteiger partial charge in [0.1, 0.15) is 34.1 Å². The molecule has 3 aliphatic heterocycles. The molecule has 2 saturated heterocycles. The molecule has 0 unspecified atom stereocenters. The monoisotopic (exact) mass is 805 g/mol. The van der Waals surface area contributed by atoms with Crippen molar-refractivity contribution in [3.63, 3.8) is 0 Å². The molecule has 53 heavy (non-hydrogen) atoms. The Balaban J connectivity index is 1.11. The summed E-state index contributed by atoms with van der Waals surface area (Å²) in [5.74, 6) is -5.57. The smallest absolute Gasteiger partial charge is 0.352 e. The number of thiophene rings is 1. The number of hydrogen-bond acceptors (Lipinski definition) is 12. The van der Waals surface area contributed by atoms with Gasteiger partial charge in [0, 0.05) is 54.8 Å². The average Bonchev–Trinajstić information content (AvgIpc) is 3.85. The molecule has 4 aliphatic rings. The molecule has 20 heteroatoms. The van der Waals surface area contributed by atoms with Gasteiger partial charge in [-0.3, -0.25) is 30.1 Å². The predicted molar refractivity (Wildman–Crippen MR) is 203 cm³/mol. The number of piperazine rings is 1. The number of fused-ring (bicyclic) bond motifs is 2. The minimum absolute atomic E-state index is 0.00190. The van der Waals surface area contributed by atoms with Gasteiger partial charge in [0.05, 0.1) is 17.3 Å². The van der Waals surface area contributed by atoms with Gasteiger partial charge in [0.2, 0.25) is 11.3 Å². The van der Waals surface area contributed by atoms with Crippen LogP contribution in [0.5, 0.6) is 0 Å². The predicted octanol–water partition coefficient (Wildman–Crippen LogP) is 3.04. The standard InChI is InChI=1S/C33H33F2N7O7S4/c1-39-6-8-40(9-7-39)27-21(34)23(20-26(22(27)35)41(16-4-5-16)12-18(28(20)44)31(46)47)37-38-33(50)53-14-15-13-52-30-24(29(45)42(30)25(15)32(48)49)36-19(43)11-17-3-2-10-51-17/h2-3,10,12,16,24,30,37H,4-9,11,13-14H2,1H3,(H,36,43)(H,38,50)(H,46,47)(H,48,49)/t24-,30+/m1/s1. The maximum absolute atomic E-state index is 16.5. The minimum Gasteiger partial charge on any atom is -0.477 e. The van der Waals surface area contributed by atoms with Crippen LogP contribution in [0.4, 0.5) is 20.2 Å². The molecule has 0 radical (unpaired) electrons. The Hall–Kier alpha value is -4.24. The highest BCUT2D eigenvalue weighted by Crippen LogP contribution is 2.43. The highest BCUT2D eigenvalue weighted by atomic mass is 32.2. The van der Waals surface area contributed by atoms with Gasteiger partial charge in [0.15, 0.2) is 16.0 Å². The second-order valence-electron chi connectivity index (χ2n) is 13.0. The molecule has 3 fully saturated rings. The normalized spacial score (nSPS) is 20.2. The number of β-lactam (4-membered cyclic amide) rings is 1. The third-order valence-corrected chi connectivity index (χ3v) is 13.0. The Bertz CT molecular complexity index is 2140.